The molecule has 1 N–H and O–H groups in total. The molecular weight excluding hydrogens is 246 g/mol. The van der Waals surface area contributed by atoms with Gasteiger partial charge < -0.3 is 10.1 Å². The maximum absolute atomic E-state index is 6.09. The third-order valence-electron chi connectivity index (χ3n) is 4.01. The second-order valence-electron chi connectivity index (χ2n) is 6.44. The van der Waals surface area contributed by atoms with Gasteiger partial charge in [0.2, 0.25) is 0 Å². The van der Waals surface area contributed by atoms with Crippen molar-refractivity contribution in [2.75, 3.05) is 6.54 Å². The van der Waals surface area contributed by atoms with E-state index in [1.807, 2.05) is 0 Å². The van der Waals surface area contributed by atoms with E-state index in [4.69, 9.17) is 4.74 Å². The second kappa shape index (κ2) is 7.24. The van der Waals surface area contributed by atoms with E-state index in [1.165, 1.54) is 17.5 Å². The number of likely N-dealkylation sites (N-methyl/N-ethyl adjacent to an activating group) is 1. The van der Waals surface area contributed by atoms with Crippen LogP contribution < -0.4 is 5.32 Å². The van der Waals surface area contributed by atoms with Crippen molar-refractivity contribution < 1.29 is 4.74 Å². The predicted molar refractivity (Wildman–Crippen MR) is 85.0 cm³/mol. The molecule has 0 amide bonds. The molecule has 1 aliphatic rings. The average molecular weight is 275 g/mol. The van der Waals surface area contributed by atoms with Crippen LogP contribution in [0.2, 0.25) is 0 Å². The van der Waals surface area contributed by atoms with Gasteiger partial charge in [0.25, 0.3) is 0 Å². The van der Waals surface area contributed by atoms with E-state index in [2.05, 4.69) is 57.3 Å². The Morgan fingerprint density at radius 2 is 2.10 bits per heavy atom. The van der Waals surface area contributed by atoms with Crippen molar-refractivity contribution in [1.29, 1.82) is 0 Å². The average Bonchev–Trinajstić information content (AvgIpc) is 2.82. The van der Waals surface area contributed by atoms with Crippen molar-refractivity contribution in [3.63, 3.8) is 0 Å². The highest BCUT2D eigenvalue weighted by Gasteiger charge is 2.30. The van der Waals surface area contributed by atoms with Gasteiger partial charge in [-0.1, -0.05) is 45.0 Å². The summed E-state index contributed by atoms with van der Waals surface area (Å²) in [5.74, 6) is 0.700. The Balaban J connectivity index is 2.16. The van der Waals surface area contributed by atoms with Crippen molar-refractivity contribution in [1.82, 2.24) is 5.32 Å². The third kappa shape index (κ3) is 4.07. The van der Waals surface area contributed by atoms with Gasteiger partial charge in [-0.2, -0.15) is 0 Å². The molecule has 112 valence electrons. The number of hydrogen-bond acceptors (Lipinski definition) is 2. The van der Waals surface area contributed by atoms with E-state index in [1.54, 1.807) is 0 Å². The molecule has 0 aliphatic carbocycles. The minimum Gasteiger partial charge on any atom is -0.373 e. The number of ether oxygens (including phenoxy) is 1. The van der Waals surface area contributed by atoms with Crippen LogP contribution >= 0.6 is 0 Å². The van der Waals surface area contributed by atoms with E-state index >= 15 is 0 Å². The van der Waals surface area contributed by atoms with Gasteiger partial charge >= 0.3 is 0 Å². The molecule has 2 rings (SSSR count). The van der Waals surface area contributed by atoms with Crippen LogP contribution in [0.25, 0.3) is 0 Å². The lowest BCUT2D eigenvalue weighted by atomic mass is 9.94. The van der Waals surface area contributed by atoms with Crippen molar-refractivity contribution in [2.45, 2.75) is 65.2 Å². The first kappa shape index (κ1) is 15.5. The lowest BCUT2D eigenvalue weighted by Gasteiger charge is -2.25. The summed E-state index contributed by atoms with van der Waals surface area (Å²) in [6, 6.07) is 9.36. The Morgan fingerprint density at radius 1 is 1.30 bits per heavy atom. The van der Waals surface area contributed by atoms with Crippen LogP contribution in [-0.2, 0) is 11.2 Å². The fourth-order valence-corrected chi connectivity index (χ4v) is 3.15. The number of benzene rings is 1. The maximum Gasteiger partial charge on any atom is 0.0774 e. The predicted octanol–water partition coefficient (Wildman–Crippen LogP) is 4.10. The van der Waals surface area contributed by atoms with Crippen molar-refractivity contribution in [3.8, 4) is 0 Å². The first-order valence-corrected chi connectivity index (χ1v) is 8.07. The third-order valence-corrected chi connectivity index (χ3v) is 4.01. The lowest BCUT2D eigenvalue weighted by molar-refractivity contribution is 0.0319. The van der Waals surface area contributed by atoms with Crippen LogP contribution in [0.5, 0.6) is 0 Å². The molecule has 3 unspecified atom stereocenters. The largest absolute Gasteiger partial charge is 0.373 e. The monoisotopic (exact) mass is 275 g/mol. The summed E-state index contributed by atoms with van der Waals surface area (Å²) >= 11 is 0. The molecule has 1 aromatic carbocycles. The van der Waals surface area contributed by atoms with E-state index < -0.39 is 0 Å². The zero-order valence-corrected chi connectivity index (χ0v) is 13.4. The van der Waals surface area contributed by atoms with Crippen molar-refractivity contribution in [2.24, 2.45) is 5.92 Å². The standard InChI is InChI=1S/C18H29NO/c1-5-19-18(17-10-9-14(4)20-17)16-8-6-7-15(12-16)11-13(2)3/h6-8,12-14,17-19H,5,9-11H2,1-4H3. The molecule has 0 spiro atoms. The fraction of sp³-hybridized carbons (Fsp3) is 0.667. The fourth-order valence-electron chi connectivity index (χ4n) is 3.15. The van der Waals surface area contributed by atoms with Gasteiger partial charge in [-0.15, -0.1) is 0 Å². The molecule has 1 saturated heterocycles. The molecule has 1 fully saturated rings. The summed E-state index contributed by atoms with van der Waals surface area (Å²) in [7, 11) is 0. The van der Waals surface area contributed by atoms with Crippen LogP contribution in [0, 0.1) is 5.92 Å². The maximum atomic E-state index is 6.09. The first-order valence-electron chi connectivity index (χ1n) is 8.07. The van der Waals surface area contributed by atoms with Gasteiger partial charge in [-0.3, -0.25) is 0 Å². The summed E-state index contributed by atoms with van der Waals surface area (Å²) in [5, 5.41) is 3.62. The van der Waals surface area contributed by atoms with Gasteiger partial charge in [-0.25, -0.2) is 0 Å². The highest BCUT2D eigenvalue weighted by molar-refractivity contribution is 5.27. The second-order valence-corrected chi connectivity index (χ2v) is 6.44. The lowest BCUT2D eigenvalue weighted by Crippen LogP contribution is -2.32. The number of nitrogens with one attached hydrogen (secondary N) is 1. The van der Waals surface area contributed by atoms with Gasteiger partial charge in [-0.05, 0) is 49.8 Å². The van der Waals surface area contributed by atoms with Gasteiger partial charge in [0, 0.05) is 0 Å². The molecule has 3 atom stereocenters. The van der Waals surface area contributed by atoms with E-state index in [9.17, 15) is 0 Å². The Hall–Kier alpha value is -0.860. The van der Waals surface area contributed by atoms with Crippen molar-refractivity contribution >= 4 is 0 Å². The SMILES string of the molecule is CCNC(c1cccc(CC(C)C)c1)C1CCC(C)O1. The quantitative estimate of drug-likeness (QED) is 0.844. The van der Waals surface area contributed by atoms with Crippen LogP contribution in [-0.4, -0.2) is 18.8 Å². The Bertz CT molecular complexity index is 416. The molecule has 2 heteroatoms. The van der Waals surface area contributed by atoms with Crippen LogP contribution in [0.15, 0.2) is 24.3 Å². The molecule has 2 nitrogen and oxygen atoms in total. The highest BCUT2D eigenvalue weighted by atomic mass is 16.5. The molecule has 20 heavy (non-hydrogen) atoms. The smallest absolute Gasteiger partial charge is 0.0774 e. The molecule has 1 aliphatic heterocycles. The zero-order valence-electron chi connectivity index (χ0n) is 13.4. The van der Waals surface area contributed by atoms with Crippen LogP contribution in [0.4, 0.5) is 0 Å². The first-order chi connectivity index (χ1) is 9.60. The van der Waals surface area contributed by atoms with E-state index in [-0.39, 0.29) is 0 Å². The highest BCUT2D eigenvalue weighted by Crippen LogP contribution is 2.30. The summed E-state index contributed by atoms with van der Waals surface area (Å²) in [6.07, 6.45) is 4.21. The minimum atomic E-state index is 0.319. The summed E-state index contributed by atoms with van der Waals surface area (Å²) < 4.78 is 6.09. The topological polar surface area (TPSA) is 21.3 Å². The van der Waals surface area contributed by atoms with E-state index in [0.717, 1.165) is 19.4 Å². The molecular formula is C18H29NO. The number of hydrogen-bond donors (Lipinski definition) is 1. The van der Waals surface area contributed by atoms with Crippen molar-refractivity contribution in [3.05, 3.63) is 35.4 Å². The summed E-state index contributed by atoms with van der Waals surface area (Å²) in [5.41, 5.74) is 2.82. The molecule has 0 saturated carbocycles. The van der Waals surface area contributed by atoms with Crippen LogP contribution in [0.3, 0.4) is 0 Å². The van der Waals surface area contributed by atoms with Crippen LogP contribution in [0.1, 0.15) is 57.7 Å². The Morgan fingerprint density at radius 3 is 2.70 bits per heavy atom. The van der Waals surface area contributed by atoms with Gasteiger partial charge in [0.05, 0.1) is 18.2 Å². The molecule has 0 bridgehead atoms. The van der Waals surface area contributed by atoms with E-state index in [0.29, 0.717) is 24.2 Å². The molecule has 1 heterocycles. The normalized spacial score (nSPS) is 24.2. The number of rotatable bonds is 6. The van der Waals surface area contributed by atoms with Gasteiger partial charge in [0.15, 0.2) is 0 Å². The zero-order chi connectivity index (χ0) is 14.5. The Kier molecular flexibility index (Phi) is 5.62. The Labute approximate surface area is 123 Å². The molecule has 1 aromatic rings. The minimum absolute atomic E-state index is 0.319. The summed E-state index contributed by atoms with van der Waals surface area (Å²) in [4.78, 5) is 0. The molecule has 0 aromatic heterocycles. The molecule has 0 radical (unpaired) electrons. The summed E-state index contributed by atoms with van der Waals surface area (Å²) in [6.45, 7) is 9.88. The van der Waals surface area contributed by atoms with Gasteiger partial charge in [0.1, 0.15) is 0 Å².